The number of hydrogen-bond donors (Lipinski definition) is 0. The zero-order valence-corrected chi connectivity index (χ0v) is 11.8. The van der Waals surface area contributed by atoms with E-state index in [9.17, 15) is 0 Å². The molecule has 2 aliphatic carbocycles. The van der Waals surface area contributed by atoms with E-state index in [0.29, 0.717) is 15.9 Å². The lowest BCUT2D eigenvalue weighted by Gasteiger charge is -2.34. The molecule has 5 unspecified atom stereocenters. The third-order valence-corrected chi connectivity index (χ3v) is 5.45. The van der Waals surface area contributed by atoms with Crippen molar-refractivity contribution in [2.75, 3.05) is 0 Å². The fourth-order valence-corrected chi connectivity index (χ4v) is 4.67. The van der Waals surface area contributed by atoms with Crippen molar-refractivity contribution < 1.29 is 14.5 Å². The summed E-state index contributed by atoms with van der Waals surface area (Å²) in [7, 11) is 0. The average molecular weight is 349 g/mol. The summed E-state index contributed by atoms with van der Waals surface area (Å²) in [6, 6.07) is 0.387. The molecule has 2 heterocycles. The predicted octanol–water partition coefficient (Wildman–Crippen LogP) is 2.60. The molecule has 2 bridgehead atoms. The van der Waals surface area contributed by atoms with Crippen molar-refractivity contribution in [3.05, 3.63) is 0 Å². The molecule has 0 aromatic heterocycles. The molecule has 5 atom stereocenters. The van der Waals surface area contributed by atoms with Crippen molar-refractivity contribution in [2.45, 2.75) is 60.1 Å². The Kier molecular flexibility index (Phi) is 2.39. The first kappa shape index (κ1) is 11.1. The fourth-order valence-electron chi connectivity index (χ4n) is 3.56. The van der Waals surface area contributed by atoms with Crippen molar-refractivity contribution in [3.63, 3.8) is 0 Å². The van der Waals surface area contributed by atoms with Crippen LogP contribution in [0.3, 0.4) is 0 Å². The van der Waals surface area contributed by atoms with Gasteiger partial charge in [0.1, 0.15) is 0 Å². The maximum atomic E-state index is 6.30. The van der Waals surface area contributed by atoms with Gasteiger partial charge in [-0.25, -0.2) is 0 Å². The topological polar surface area (TPSA) is 40.0 Å². The van der Waals surface area contributed by atoms with Crippen LogP contribution in [-0.2, 0) is 14.5 Å². The summed E-state index contributed by atoms with van der Waals surface area (Å²) in [5.41, 5.74) is 0. The van der Waals surface area contributed by atoms with Gasteiger partial charge >= 0.3 is 0 Å². The van der Waals surface area contributed by atoms with Crippen LogP contribution < -0.4 is 0 Å². The molecule has 94 valence electrons. The van der Waals surface area contributed by atoms with Crippen molar-refractivity contribution in [1.29, 1.82) is 0 Å². The van der Waals surface area contributed by atoms with E-state index in [4.69, 9.17) is 14.5 Å². The first-order chi connectivity index (χ1) is 8.20. The standard InChI is InChI=1S/C12H16INO3/c13-9-2-1-3-11(5-9)15-12(17-16-11)6-10-4-8(12)7-14-10/h7-10H,1-6H2. The highest BCUT2D eigenvalue weighted by Crippen LogP contribution is 2.53. The lowest BCUT2D eigenvalue weighted by Crippen LogP contribution is -2.43. The number of aliphatic imine (C=N–C) groups is 1. The van der Waals surface area contributed by atoms with Gasteiger partial charge in [0.05, 0.1) is 12.0 Å². The molecule has 2 aliphatic heterocycles. The van der Waals surface area contributed by atoms with Gasteiger partial charge in [0, 0.05) is 29.4 Å². The third-order valence-electron chi connectivity index (χ3n) is 4.39. The minimum Gasteiger partial charge on any atom is -0.311 e. The van der Waals surface area contributed by atoms with E-state index in [1.165, 1.54) is 6.42 Å². The zero-order valence-electron chi connectivity index (χ0n) is 9.60. The van der Waals surface area contributed by atoms with Crippen molar-refractivity contribution >= 4 is 28.8 Å². The maximum absolute atomic E-state index is 6.30. The monoisotopic (exact) mass is 349 g/mol. The van der Waals surface area contributed by atoms with Crippen LogP contribution in [0.15, 0.2) is 4.99 Å². The zero-order chi connectivity index (χ0) is 11.5. The molecular formula is C12H16INO3. The van der Waals surface area contributed by atoms with Crippen LogP contribution in [0.25, 0.3) is 0 Å². The molecule has 2 saturated carbocycles. The number of rotatable bonds is 0. The summed E-state index contributed by atoms with van der Waals surface area (Å²) >= 11 is 2.49. The maximum Gasteiger partial charge on any atom is 0.214 e. The molecule has 1 saturated heterocycles. The van der Waals surface area contributed by atoms with Crippen LogP contribution in [0.2, 0.25) is 0 Å². The minimum absolute atomic E-state index is 0.293. The van der Waals surface area contributed by atoms with Crippen LogP contribution in [-0.4, -0.2) is 27.8 Å². The second-order valence-corrected chi connectivity index (χ2v) is 7.44. The lowest BCUT2D eigenvalue weighted by molar-refractivity contribution is -0.356. The van der Waals surface area contributed by atoms with E-state index in [1.807, 2.05) is 6.21 Å². The van der Waals surface area contributed by atoms with Gasteiger partial charge in [0.15, 0.2) is 0 Å². The molecule has 4 aliphatic rings. The Morgan fingerprint density at radius 3 is 2.94 bits per heavy atom. The Morgan fingerprint density at radius 1 is 1.29 bits per heavy atom. The van der Waals surface area contributed by atoms with Gasteiger partial charge in [0.2, 0.25) is 11.6 Å². The van der Waals surface area contributed by atoms with Crippen LogP contribution in [0.5, 0.6) is 0 Å². The first-order valence-electron chi connectivity index (χ1n) is 6.44. The Hall–Kier alpha value is 0.280. The molecule has 0 aromatic carbocycles. The van der Waals surface area contributed by atoms with Crippen molar-refractivity contribution in [3.8, 4) is 0 Å². The smallest absolute Gasteiger partial charge is 0.214 e. The number of hydrogen-bond acceptors (Lipinski definition) is 4. The SMILES string of the molecule is IC1CCCC2(C1)OOC1(CC3CC1C=N3)O2. The van der Waals surface area contributed by atoms with Gasteiger partial charge in [-0.3, -0.25) is 4.99 Å². The normalized spacial score (nSPS) is 56.4. The third kappa shape index (κ3) is 1.62. The molecule has 0 aromatic rings. The summed E-state index contributed by atoms with van der Waals surface area (Å²) in [5.74, 6) is -0.691. The summed E-state index contributed by atoms with van der Waals surface area (Å²) < 4.78 is 6.93. The van der Waals surface area contributed by atoms with Gasteiger partial charge in [-0.05, 0) is 19.3 Å². The number of ether oxygens (including phenoxy) is 1. The van der Waals surface area contributed by atoms with E-state index >= 15 is 0 Å². The second-order valence-electron chi connectivity index (χ2n) is 5.68. The lowest BCUT2D eigenvalue weighted by atomic mass is 9.93. The molecule has 0 radical (unpaired) electrons. The van der Waals surface area contributed by atoms with Gasteiger partial charge in [0.25, 0.3) is 0 Å². The largest absolute Gasteiger partial charge is 0.311 e. The van der Waals surface area contributed by atoms with Crippen LogP contribution >= 0.6 is 22.6 Å². The predicted molar refractivity (Wildman–Crippen MR) is 70.0 cm³/mol. The highest BCUT2D eigenvalue weighted by molar-refractivity contribution is 14.1. The van der Waals surface area contributed by atoms with E-state index < -0.39 is 11.6 Å². The molecular weight excluding hydrogens is 333 g/mol. The average Bonchev–Trinajstić information content (AvgIpc) is 2.94. The number of alkyl halides is 1. The number of fused-ring (bicyclic) bond motifs is 3. The molecule has 5 heteroatoms. The number of nitrogens with zero attached hydrogens (tertiary/aromatic N) is 1. The molecule has 3 fully saturated rings. The summed E-state index contributed by atoms with van der Waals surface area (Å²) in [4.78, 5) is 15.7. The first-order valence-corrected chi connectivity index (χ1v) is 7.69. The van der Waals surface area contributed by atoms with E-state index in [0.717, 1.165) is 32.1 Å². The van der Waals surface area contributed by atoms with Gasteiger partial charge in [-0.15, -0.1) is 0 Å². The summed E-state index contributed by atoms with van der Waals surface area (Å²) in [5, 5.41) is 0. The fraction of sp³-hybridized carbons (Fsp3) is 0.917. The highest BCUT2D eigenvalue weighted by atomic mass is 127. The van der Waals surface area contributed by atoms with E-state index in [2.05, 4.69) is 27.6 Å². The molecule has 0 amide bonds. The molecule has 17 heavy (non-hydrogen) atoms. The minimum atomic E-state index is -0.514. The van der Waals surface area contributed by atoms with Crippen LogP contribution in [0, 0.1) is 5.92 Å². The van der Waals surface area contributed by atoms with Crippen molar-refractivity contribution in [1.82, 2.24) is 0 Å². The van der Waals surface area contributed by atoms with Gasteiger partial charge < -0.3 is 4.74 Å². The van der Waals surface area contributed by atoms with Gasteiger partial charge in [-0.1, -0.05) is 22.6 Å². The Bertz CT molecular complexity index is 377. The Morgan fingerprint density at radius 2 is 2.24 bits per heavy atom. The second kappa shape index (κ2) is 3.65. The van der Waals surface area contributed by atoms with E-state index in [-0.39, 0.29) is 0 Å². The quantitative estimate of drug-likeness (QED) is 0.383. The Labute approximate surface area is 114 Å². The molecule has 2 spiro atoms. The Balaban J connectivity index is 1.57. The highest BCUT2D eigenvalue weighted by Gasteiger charge is 2.62. The molecule has 0 N–H and O–H groups in total. The van der Waals surface area contributed by atoms with Crippen LogP contribution in [0.1, 0.15) is 38.5 Å². The molecule has 4 nitrogen and oxygen atoms in total. The molecule has 4 rings (SSSR count). The number of halogens is 1. The summed E-state index contributed by atoms with van der Waals surface area (Å²) in [6.45, 7) is 0. The van der Waals surface area contributed by atoms with Crippen molar-refractivity contribution in [2.24, 2.45) is 10.9 Å². The van der Waals surface area contributed by atoms with Crippen LogP contribution in [0.4, 0.5) is 0 Å². The summed E-state index contributed by atoms with van der Waals surface area (Å²) in [6.07, 6.45) is 8.26. The van der Waals surface area contributed by atoms with Gasteiger partial charge in [-0.2, -0.15) is 9.78 Å². The van der Waals surface area contributed by atoms with E-state index in [1.54, 1.807) is 0 Å².